The molecule has 0 aliphatic carbocycles. The third kappa shape index (κ3) is 8.39. The van der Waals surface area contributed by atoms with Gasteiger partial charge in [0.05, 0.1) is 0 Å². The summed E-state index contributed by atoms with van der Waals surface area (Å²) < 4.78 is 0. The van der Waals surface area contributed by atoms with Crippen molar-refractivity contribution < 1.29 is 0 Å². The second-order valence-electron chi connectivity index (χ2n) is 5.59. The van der Waals surface area contributed by atoms with E-state index in [0.717, 1.165) is 25.7 Å². The molecule has 0 saturated carbocycles. The van der Waals surface area contributed by atoms with Crippen molar-refractivity contribution in [3.63, 3.8) is 0 Å². The first kappa shape index (κ1) is 20.9. The van der Waals surface area contributed by atoms with Crippen molar-refractivity contribution in [3.05, 3.63) is 58.1 Å². The highest BCUT2D eigenvalue weighted by atomic mass is 31.0. The van der Waals surface area contributed by atoms with Gasteiger partial charge in [-0.15, -0.1) is 9.24 Å². The number of hydrogen-bond acceptors (Lipinski definition) is 1. The minimum Gasteiger partial charge on any atom is -0.391 e. The molecule has 124 valence electrons. The Balaban J connectivity index is 4.69. The van der Waals surface area contributed by atoms with Gasteiger partial charge in [-0.05, 0) is 57.3 Å². The molecule has 1 nitrogen and oxygen atoms in total. The molecule has 1 atom stereocenters. The maximum atomic E-state index is 3.24. The Hall–Kier alpha value is -1.07. The van der Waals surface area contributed by atoms with Gasteiger partial charge >= 0.3 is 0 Å². The van der Waals surface area contributed by atoms with Crippen LogP contribution in [0.3, 0.4) is 0 Å². The van der Waals surface area contributed by atoms with E-state index in [4.69, 9.17) is 0 Å². The van der Waals surface area contributed by atoms with Crippen LogP contribution in [0.25, 0.3) is 0 Å². The van der Waals surface area contributed by atoms with E-state index < -0.39 is 0 Å². The summed E-state index contributed by atoms with van der Waals surface area (Å²) in [6.45, 7) is 10.9. The van der Waals surface area contributed by atoms with Crippen LogP contribution < -0.4 is 5.32 Å². The van der Waals surface area contributed by atoms with Crippen LogP contribution in [-0.2, 0) is 0 Å². The topological polar surface area (TPSA) is 12.0 Å². The zero-order chi connectivity index (χ0) is 17.0. The van der Waals surface area contributed by atoms with Crippen molar-refractivity contribution >= 4 is 9.24 Å². The zero-order valence-corrected chi connectivity index (χ0v) is 16.4. The Kier molecular flexibility index (Phi) is 11.9. The minimum absolute atomic E-state index is 1.08. The monoisotopic (exact) mass is 319 g/mol. The van der Waals surface area contributed by atoms with Crippen LogP contribution in [0.15, 0.2) is 58.1 Å². The predicted molar refractivity (Wildman–Crippen MR) is 106 cm³/mol. The largest absolute Gasteiger partial charge is 0.391 e. The van der Waals surface area contributed by atoms with Crippen molar-refractivity contribution in [1.29, 1.82) is 0 Å². The molecule has 0 radical (unpaired) electrons. The van der Waals surface area contributed by atoms with Crippen LogP contribution in [0.5, 0.6) is 0 Å². The van der Waals surface area contributed by atoms with Crippen molar-refractivity contribution in [3.8, 4) is 0 Å². The molecular formula is C20H34NP. The third-order valence-corrected chi connectivity index (χ3v) is 4.55. The van der Waals surface area contributed by atoms with Gasteiger partial charge in [0.15, 0.2) is 0 Å². The van der Waals surface area contributed by atoms with Gasteiger partial charge in [-0.2, -0.15) is 0 Å². The summed E-state index contributed by atoms with van der Waals surface area (Å²) in [5.41, 5.74) is 5.48. The lowest BCUT2D eigenvalue weighted by Crippen LogP contribution is -2.05. The molecule has 22 heavy (non-hydrogen) atoms. The van der Waals surface area contributed by atoms with E-state index in [2.05, 4.69) is 79.6 Å². The van der Waals surface area contributed by atoms with E-state index in [-0.39, 0.29) is 0 Å². The molecule has 0 rings (SSSR count). The van der Waals surface area contributed by atoms with Crippen molar-refractivity contribution in [2.45, 2.75) is 60.3 Å². The minimum atomic E-state index is 1.08. The molecule has 2 heteroatoms. The quantitative estimate of drug-likeness (QED) is 0.389. The van der Waals surface area contributed by atoms with E-state index in [1.807, 2.05) is 7.05 Å². The molecule has 0 aromatic heterocycles. The van der Waals surface area contributed by atoms with E-state index in [0.29, 0.717) is 0 Å². The molecular weight excluding hydrogens is 285 g/mol. The van der Waals surface area contributed by atoms with Gasteiger partial charge < -0.3 is 5.32 Å². The summed E-state index contributed by atoms with van der Waals surface area (Å²) >= 11 is 0. The van der Waals surface area contributed by atoms with Gasteiger partial charge in [0.1, 0.15) is 0 Å². The Morgan fingerprint density at radius 2 is 1.77 bits per heavy atom. The highest BCUT2D eigenvalue weighted by molar-refractivity contribution is 7.23. The fraction of sp³-hybridized carbons (Fsp3) is 0.500. The number of rotatable bonds is 9. The number of nitrogens with one attached hydrogen (secondary N) is 1. The lowest BCUT2D eigenvalue weighted by Gasteiger charge is -2.14. The SMILES string of the molecule is CC/C=C/C(C)=C\C=C\CC/C(C)=C(CC)/C(P)=C(\C)NC. The molecule has 0 aromatic rings. The molecule has 0 aliphatic rings. The van der Waals surface area contributed by atoms with Gasteiger partial charge in [-0.3, -0.25) is 0 Å². The number of allylic oxidation sites excluding steroid dienone is 10. The second-order valence-corrected chi connectivity index (χ2v) is 6.17. The van der Waals surface area contributed by atoms with Crippen LogP contribution in [-0.4, -0.2) is 7.05 Å². The van der Waals surface area contributed by atoms with Crippen LogP contribution in [0.2, 0.25) is 0 Å². The smallest absolute Gasteiger partial charge is 0.0148 e. The highest BCUT2D eigenvalue weighted by Gasteiger charge is 2.05. The molecule has 0 saturated heterocycles. The summed E-state index contributed by atoms with van der Waals surface area (Å²) in [5.74, 6) is 0. The van der Waals surface area contributed by atoms with Crippen LogP contribution in [0.4, 0.5) is 0 Å². The first-order valence-corrected chi connectivity index (χ1v) is 8.88. The summed E-state index contributed by atoms with van der Waals surface area (Å²) in [7, 11) is 4.86. The number of hydrogen-bond donors (Lipinski definition) is 1. The third-order valence-electron chi connectivity index (χ3n) is 3.77. The molecule has 1 N–H and O–H groups in total. The fourth-order valence-corrected chi connectivity index (χ4v) is 2.80. The van der Waals surface area contributed by atoms with E-state index in [1.165, 1.54) is 27.7 Å². The standard InChI is InChI=1S/C20H34NP/c1-7-9-13-16(3)14-11-10-12-15-17(4)19(8-2)20(22)18(5)21-6/h9-11,13-14,21H,7-8,12,15,22H2,1-6H3/b11-10+,13-9+,16-14-,19-17+,20-18-. The Labute approximate surface area is 140 Å². The molecule has 0 aromatic carbocycles. The maximum Gasteiger partial charge on any atom is 0.0148 e. The van der Waals surface area contributed by atoms with Crippen molar-refractivity contribution in [1.82, 2.24) is 5.32 Å². The lowest BCUT2D eigenvalue weighted by molar-refractivity contribution is 0.922. The van der Waals surface area contributed by atoms with Gasteiger partial charge in [0.25, 0.3) is 0 Å². The van der Waals surface area contributed by atoms with Crippen LogP contribution in [0, 0.1) is 0 Å². The van der Waals surface area contributed by atoms with Gasteiger partial charge in [0.2, 0.25) is 0 Å². The van der Waals surface area contributed by atoms with Crippen molar-refractivity contribution in [2.75, 3.05) is 7.05 Å². The predicted octanol–water partition coefficient (Wildman–Crippen LogP) is 6.29. The van der Waals surface area contributed by atoms with Gasteiger partial charge in [-0.1, -0.05) is 55.4 Å². The summed E-state index contributed by atoms with van der Waals surface area (Å²) in [6, 6.07) is 0. The lowest BCUT2D eigenvalue weighted by atomic mass is 10.0. The summed E-state index contributed by atoms with van der Waals surface area (Å²) in [6.07, 6.45) is 15.4. The first-order valence-electron chi connectivity index (χ1n) is 8.30. The van der Waals surface area contributed by atoms with E-state index in [9.17, 15) is 0 Å². The Bertz CT molecular complexity index is 476. The van der Waals surface area contributed by atoms with Gasteiger partial charge in [0, 0.05) is 12.7 Å². The fourth-order valence-electron chi connectivity index (χ4n) is 2.21. The van der Waals surface area contributed by atoms with E-state index in [1.54, 1.807) is 0 Å². The van der Waals surface area contributed by atoms with Crippen LogP contribution >= 0.6 is 9.24 Å². The van der Waals surface area contributed by atoms with E-state index >= 15 is 0 Å². The normalized spacial score (nSPS) is 15.3. The van der Waals surface area contributed by atoms with Crippen LogP contribution in [0.1, 0.15) is 60.3 Å². The molecule has 1 unspecified atom stereocenters. The molecule has 0 bridgehead atoms. The highest BCUT2D eigenvalue weighted by Crippen LogP contribution is 2.28. The Morgan fingerprint density at radius 3 is 2.32 bits per heavy atom. The summed E-state index contributed by atoms with van der Waals surface area (Å²) in [5, 5.41) is 4.55. The maximum absolute atomic E-state index is 3.24. The molecule has 0 fully saturated rings. The average Bonchev–Trinajstić information content (AvgIpc) is 2.52. The summed E-state index contributed by atoms with van der Waals surface area (Å²) in [4.78, 5) is 0. The molecule has 0 amide bonds. The molecule has 0 spiro atoms. The van der Waals surface area contributed by atoms with Crippen molar-refractivity contribution in [2.24, 2.45) is 0 Å². The Morgan fingerprint density at radius 1 is 1.09 bits per heavy atom. The second kappa shape index (κ2) is 12.5. The van der Waals surface area contributed by atoms with Gasteiger partial charge in [-0.25, -0.2) is 0 Å². The first-order chi connectivity index (χ1) is 10.5. The molecule has 0 heterocycles. The average molecular weight is 319 g/mol. The zero-order valence-electron chi connectivity index (χ0n) is 15.3. The molecule has 0 aliphatic heterocycles.